The molecule has 96 valence electrons. The molecule has 0 saturated heterocycles. The van der Waals surface area contributed by atoms with E-state index in [0.29, 0.717) is 12.4 Å². The number of rotatable bonds is 6. The Morgan fingerprint density at radius 1 is 1.29 bits per heavy atom. The predicted octanol–water partition coefficient (Wildman–Crippen LogP) is 1.11. The summed E-state index contributed by atoms with van der Waals surface area (Å²) < 4.78 is 9.84. The van der Waals surface area contributed by atoms with Crippen molar-refractivity contribution < 1.29 is 19.1 Å². The maximum Gasteiger partial charge on any atom is 0.341 e. The highest BCUT2D eigenvalue weighted by atomic mass is 16.5. The lowest BCUT2D eigenvalue weighted by atomic mass is 10.1. The van der Waals surface area contributed by atoms with Crippen LogP contribution in [0, 0.1) is 0 Å². The maximum absolute atomic E-state index is 11.4. The number of carbonyl (C=O) groups excluding carboxylic acids is 2. The molecule has 5 nitrogen and oxygen atoms in total. The predicted molar refractivity (Wildman–Crippen MR) is 64.2 cm³/mol. The highest BCUT2D eigenvalue weighted by Crippen LogP contribution is 2.08. The molecule has 0 aliphatic carbocycles. The number of esters is 1. The van der Waals surface area contributed by atoms with Crippen molar-refractivity contribution in [3.05, 3.63) is 23.6 Å². The van der Waals surface area contributed by atoms with E-state index in [9.17, 15) is 9.59 Å². The number of ether oxygens (including phenoxy) is 2. The van der Waals surface area contributed by atoms with Crippen LogP contribution in [0.3, 0.4) is 0 Å². The Balaban J connectivity index is 5.23. The van der Waals surface area contributed by atoms with E-state index in [1.54, 1.807) is 11.1 Å². The molecular formula is C12H19NO4. The summed E-state index contributed by atoms with van der Waals surface area (Å²) in [5.41, 5.74) is -0.0333. The first-order chi connectivity index (χ1) is 7.92. The number of nitrogens with zero attached hydrogens (tertiary/aromatic N) is 1. The summed E-state index contributed by atoms with van der Waals surface area (Å²) in [5.74, 6) is -0.587. The molecule has 0 radical (unpaired) electrons. The second-order valence-electron chi connectivity index (χ2n) is 3.53. The SMILES string of the molecule is CCOC(=CN(C)C)C=C(C(C)=O)C(=O)OC. The van der Waals surface area contributed by atoms with Gasteiger partial charge in [-0.3, -0.25) is 4.79 Å². The zero-order valence-electron chi connectivity index (χ0n) is 10.9. The standard InChI is InChI=1S/C12H19NO4/c1-6-17-10(8-13(3)4)7-11(9(2)14)12(15)16-5/h7-8H,6H2,1-5H3. The highest BCUT2D eigenvalue weighted by Gasteiger charge is 2.15. The van der Waals surface area contributed by atoms with Crippen LogP contribution >= 0.6 is 0 Å². The maximum atomic E-state index is 11.4. The average Bonchev–Trinajstić information content (AvgIpc) is 2.23. The number of hydrogen-bond donors (Lipinski definition) is 0. The normalized spacial score (nSPS) is 12.1. The minimum absolute atomic E-state index is 0.0333. The van der Waals surface area contributed by atoms with E-state index < -0.39 is 5.97 Å². The van der Waals surface area contributed by atoms with Crippen LogP contribution in [0.1, 0.15) is 13.8 Å². The van der Waals surface area contributed by atoms with Gasteiger partial charge in [-0.1, -0.05) is 0 Å². The van der Waals surface area contributed by atoms with Crippen molar-refractivity contribution in [1.82, 2.24) is 4.90 Å². The van der Waals surface area contributed by atoms with Crippen LogP contribution in [0.25, 0.3) is 0 Å². The molecule has 0 saturated carbocycles. The fourth-order valence-electron chi connectivity index (χ4n) is 1.09. The molecule has 0 amide bonds. The lowest BCUT2D eigenvalue weighted by Gasteiger charge is -2.10. The smallest absolute Gasteiger partial charge is 0.341 e. The van der Waals surface area contributed by atoms with Gasteiger partial charge in [-0.05, 0) is 19.9 Å². The van der Waals surface area contributed by atoms with Gasteiger partial charge in [0.15, 0.2) is 5.78 Å². The summed E-state index contributed by atoms with van der Waals surface area (Å²) in [6.45, 7) is 3.58. The zero-order chi connectivity index (χ0) is 13.4. The molecule has 0 spiro atoms. The Morgan fingerprint density at radius 2 is 1.88 bits per heavy atom. The Hall–Kier alpha value is -1.78. The molecular weight excluding hydrogens is 222 g/mol. The Morgan fingerprint density at radius 3 is 2.24 bits per heavy atom. The van der Waals surface area contributed by atoms with E-state index in [2.05, 4.69) is 4.74 Å². The van der Waals surface area contributed by atoms with Gasteiger partial charge >= 0.3 is 5.97 Å². The highest BCUT2D eigenvalue weighted by molar-refractivity contribution is 6.16. The van der Waals surface area contributed by atoms with Crippen molar-refractivity contribution in [3.63, 3.8) is 0 Å². The quantitative estimate of drug-likeness (QED) is 0.174. The number of methoxy groups -OCH3 is 1. The van der Waals surface area contributed by atoms with E-state index in [-0.39, 0.29) is 11.4 Å². The minimum atomic E-state index is -0.665. The second-order valence-corrected chi connectivity index (χ2v) is 3.53. The van der Waals surface area contributed by atoms with Gasteiger partial charge in [0.1, 0.15) is 11.3 Å². The molecule has 0 N–H and O–H groups in total. The summed E-state index contributed by atoms with van der Waals surface area (Å²) in [4.78, 5) is 24.4. The number of ketones is 1. The third-order valence-corrected chi connectivity index (χ3v) is 1.77. The number of carbonyl (C=O) groups is 2. The van der Waals surface area contributed by atoms with Crippen molar-refractivity contribution in [2.45, 2.75) is 13.8 Å². The van der Waals surface area contributed by atoms with E-state index in [1.807, 2.05) is 21.0 Å². The third kappa shape index (κ3) is 5.75. The molecule has 17 heavy (non-hydrogen) atoms. The molecule has 0 aromatic heterocycles. The van der Waals surface area contributed by atoms with Gasteiger partial charge < -0.3 is 14.4 Å². The first-order valence-corrected chi connectivity index (χ1v) is 5.24. The van der Waals surface area contributed by atoms with Crippen LogP contribution in [0.2, 0.25) is 0 Å². The van der Waals surface area contributed by atoms with Gasteiger partial charge in [0.2, 0.25) is 0 Å². The number of allylic oxidation sites excluding steroid dienone is 1. The average molecular weight is 241 g/mol. The van der Waals surface area contributed by atoms with Crippen LogP contribution in [0.5, 0.6) is 0 Å². The van der Waals surface area contributed by atoms with Gasteiger partial charge in [-0.15, -0.1) is 0 Å². The monoisotopic (exact) mass is 241 g/mol. The van der Waals surface area contributed by atoms with Crippen LogP contribution in [0.15, 0.2) is 23.6 Å². The fourth-order valence-corrected chi connectivity index (χ4v) is 1.09. The van der Waals surface area contributed by atoms with Crippen molar-refractivity contribution >= 4 is 11.8 Å². The fraction of sp³-hybridized carbons (Fsp3) is 0.500. The molecule has 0 unspecified atom stereocenters. The van der Waals surface area contributed by atoms with Crippen LogP contribution in [-0.2, 0) is 19.1 Å². The summed E-state index contributed by atoms with van der Waals surface area (Å²) in [5, 5.41) is 0. The first-order valence-electron chi connectivity index (χ1n) is 5.24. The van der Waals surface area contributed by atoms with Crippen molar-refractivity contribution in [2.24, 2.45) is 0 Å². The zero-order valence-corrected chi connectivity index (χ0v) is 10.9. The molecule has 0 heterocycles. The van der Waals surface area contributed by atoms with Crippen LogP contribution in [0.4, 0.5) is 0 Å². The van der Waals surface area contributed by atoms with E-state index in [0.717, 1.165) is 0 Å². The van der Waals surface area contributed by atoms with Crippen molar-refractivity contribution in [3.8, 4) is 0 Å². The van der Waals surface area contributed by atoms with E-state index in [1.165, 1.54) is 20.1 Å². The van der Waals surface area contributed by atoms with Crippen molar-refractivity contribution in [1.29, 1.82) is 0 Å². The molecule has 0 aromatic rings. The molecule has 0 atom stereocenters. The molecule has 0 aromatic carbocycles. The summed E-state index contributed by atoms with van der Waals surface area (Å²) in [6.07, 6.45) is 3.06. The number of hydrogen-bond acceptors (Lipinski definition) is 5. The second kappa shape index (κ2) is 7.49. The van der Waals surface area contributed by atoms with Crippen LogP contribution < -0.4 is 0 Å². The Bertz CT molecular complexity index is 342. The molecule has 0 bridgehead atoms. The van der Waals surface area contributed by atoms with Gasteiger partial charge in [0, 0.05) is 20.3 Å². The largest absolute Gasteiger partial charge is 0.492 e. The summed E-state index contributed by atoms with van der Waals surface area (Å²) >= 11 is 0. The van der Waals surface area contributed by atoms with Gasteiger partial charge in [0.05, 0.1) is 13.7 Å². The van der Waals surface area contributed by atoms with Gasteiger partial charge in [0.25, 0.3) is 0 Å². The van der Waals surface area contributed by atoms with Gasteiger partial charge in [-0.25, -0.2) is 4.79 Å². The third-order valence-electron chi connectivity index (χ3n) is 1.77. The molecule has 0 fully saturated rings. The summed E-state index contributed by atoms with van der Waals surface area (Å²) in [6, 6.07) is 0. The van der Waals surface area contributed by atoms with Crippen LogP contribution in [-0.4, -0.2) is 44.5 Å². The molecule has 0 aliphatic heterocycles. The molecule has 0 rings (SSSR count). The van der Waals surface area contributed by atoms with E-state index >= 15 is 0 Å². The Kier molecular flexibility index (Phi) is 6.70. The lowest BCUT2D eigenvalue weighted by Crippen LogP contribution is -2.13. The number of Topliss-reactive ketones (excluding diaryl/α,β-unsaturated/α-hetero) is 1. The molecule has 5 heteroatoms. The molecule has 0 aliphatic rings. The minimum Gasteiger partial charge on any atom is -0.492 e. The topological polar surface area (TPSA) is 55.8 Å². The first kappa shape index (κ1) is 15.2. The summed E-state index contributed by atoms with van der Waals surface area (Å²) in [7, 11) is 4.87. The lowest BCUT2D eigenvalue weighted by molar-refractivity contribution is -0.137. The van der Waals surface area contributed by atoms with Gasteiger partial charge in [-0.2, -0.15) is 0 Å². The Labute approximate surface area is 102 Å². The van der Waals surface area contributed by atoms with E-state index in [4.69, 9.17) is 4.74 Å². The van der Waals surface area contributed by atoms with Crippen molar-refractivity contribution in [2.75, 3.05) is 27.8 Å².